The average Bonchev–Trinajstić information content (AvgIpc) is 2.73. The zero-order valence-electron chi connectivity index (χ0n) is 15.2. The fourth-order valence-corrected chi connectivity index (χ4v) is 3.91. The summed E-state index contributed by atoms with van der Waals surface area (Å²) >= 11 is 5.86. The van der Waals surface area contributed by atoms with E-state index < -0.39 is 10.0 Å². The molecular formula is C21H17ClN4O2S. The molecule has 1 aromatic heterocycles. The third kappa shape index (κ3) is 4.47. The van der Waals surface area contributed by atoms with Crippen molar-refractivity contribution in [1.82, 2.24) is 9.97 Å². The van der Waals surface area contributed by atoms with Crippen LogP contribution in [0.3, 0.4) is 0 Å². The number of rotatable bonds is 6. The SMILES string of the molecule is O=S(=O)(Nc1nc2ccccc2nc1NCc1ccccc1)c1ccc(Cl)cc1. The highest BCUT2D eigenvalue weighted by Crippen LogP contribution is 2.25. The van der Waals surface area contributed by atoms with Gasteiger partial charge in [-0.3, -0.25) is 4.72 Å². The van der Waals surface area contributed by atoms with Crippen LogP contribution in [0.25, 0.3) is 11.0 Å². The van der Waals surface area contributed by atoms with Gasteiger partial charge in [-0.05, 0) is 42.0 Å². The Labute approximate surface area is 173 Å². The Morgan fingerprint density at radius 2 is 1.34 bits per heavy atom. The second-order valence-electron chi connectivity index (χ2n) is 6.31. The predicted octanol–water partition coefficient (Wildman–Crippen LogP) is 4.70. The van der Waals surface area contributed by atoms with Crippen LogP contribution >= 0.6 is 11.6 Å². The number of anilines is 2. The number of benzene rings is 3. The van der Waals surface area contributed by atoms with Gasteiger partial charge in [0.25, 0.3) is 10.0 Å². The summed E-state index contributed by atoms with van der Waals surface area (Å²) in [5.74, 6) is 0.486. The van der Waals surface area contributed by atoms with E-state index in [1.54, 1.807) is 6.07 Å². The summed E-state index contributed by atoms with van der Waals surface area (Å²) in [7, 11) is -3.86. The molecule has 0 aliphatic carbocycles. The van der Waals surface area contributed by atoms with E-state index in [0.29, 0.717) is 28.4 Å². The van der Waals surface area contributed by atoms with Crippen molar-refractivity contribution in [3.63, 3.8) is 0 Å². The standard InChI is InChI=1S/C21H17ClN4O2S/c22-16-10-12-17(13-11-16)29(27,28)26-21-20(23-14-15-6-2-1-3-7-15)24-18-8-4-5-9-19(18)25-21/h1-13H,14H2,(H,23,24)(H,25,26). The van der Waals surface area contributed by atoms with Crippen LogP contribution in [-0.2, 0) is 16.6 Å². The van der Waals surface area contributed by atoms with Crippen LogP contribution in [0.2, 0.25) is 5.02 Å². The van der Waals surface area contributed by atoms with Crippen molar-refractivity contribution in [3.8, 4) is 0 Å². The van der Waals surface area contributed by atoms with Gasteiger partial charge in [0.2, 0.25) is 0 Å². The van der Waals surface area contributed by atoms with Gasteiger partial charge in [-0.2, -0.15) is 0 Å². The van der Waals surface area contributed by atoms with E-state index in [0.717, 1.165) is 5.56 Å². The molecule has 4 rings (SSSR count). The van der Waals surface area contributed by atoms with E-state index >= 15 is 0 Å². The van der Waals surface area contributed by atoms with Crippen molar-refractivity contribution in [3.05, 3.63) is 89.4 Å². The largest absolute Gasteiger partial charge is 0.363 e. The smallest absolute Gasteiger partial charge is 0.263 e. The molecule has 0 aliphatic rings. The first-order valence-corrected chi connectivity index (χ1v) is 10.7. The fraction of sp³-hybridized carbons (Fsp3) is 0.0476. The van der Waals surface area contributed by atoms with Gasteiger partial charge in [0.05, 0.1) is 15.9 Å². The van der Waals surface area contributed by atoms with Crippen LogP contribution in [-0.4, -0.2) is 18.4 Å². The molecule has 29 heavy (non-hydrogen) atoms. The third-order valence-corrected chi connectivity index (χ3v) is 5.84. The summed E-state index contributed by atoms with van der Waals surface area (Å²) in [4.78, 5) is 9.12. The second kappa shape index (κ2) is 8.06. The first-order chi connectivity index (χ1) is 14.0. The van der Waals surface area contributed by atoms with Crippen LogP contribution in [0.1, 0.15) is 5.56 Å². The Bertz CT molecular complexity index is 1250. The van der Waals surface area contributed by atoms with Gasteiger partial charge in [-0.1, -0.05) is 54.1 Å². The number of hydrogen-bond acceptors (Lipinski definition) is 5. The van der Waals surface area contributed by atoms with Gasteiger partial charge in [0, 0.05) is 11.6 Å². The van der Waals surface area contributed by atoms with E-state index in [1.807, 2.05) is 48.5 Å². The maximum atomic E-state index is 12.8. The summed E-state index contributed by atoms with van der Waals surface area (Å²) in [6.07, 6.45) is 0. The Morgan fingerprint density at radius 1 is 0.759 bits per heavy atom. The number of hydrogen-bond donors (Lipinski definition) is 2. The Hall–Kier alpha value is -3.16. The molecular weight excluding hydrogens is 408 g/mol. The van der Waals surface area contributed by atoms with Gasteiger partial charge in [-0.25, -0.2) is 18.4 Å². The minimum atomic E-state index is -3.86. The molecule has 8 heteroatoms. The Balaban J connectivity index is 1.70. The molecule has 3 aromatic carbocycles. The zero-order valence-corrected chi connectivity index (χ0v) is 16.8. The molecule has 4 aromatic rings. The molecule has 0 fully saturated rings. The predicted molar refractivity (Wildman–Crippen MR) is 116 cm³/mol. The second-order valence-corrected chi connectivity index (χ2v) is 8.43. The molecule has 146 valence electrons. The number of halogens is 1. The molecule has 0 amide bonds. The van der Waals surface area contributed by atoms with Crippen LogP contribution in [0, 0.1) is 0 Å². The van der Waals surface area contributed by atoms with Gasteiger partial charge >= 0.3 is 0 Å². The molecule has 0 spiro atoms. The lowest BCUT2D eigenvalue weighted by atomic mass is 10.2. The van der Waals surface area contributed by atoms with Gasteiger partial charge in [0.15, 0.2) is 11.6 Å². The molecule has 0 atom stereocenters. The van der Waals surface area contributed by atoms with Crippen molar-refractivity contribution in [2.75, 3.05) is 10.0 Å². The average molecular weight is 425 g/mol. The van der Waals surface area contributed by atoms with Crippen molar-refractivity contribution in [2.24, 2.45) is 0 Å². The first kappa shape index (κ1) is 19.2. The summed E-state index contributed by atoms with van der Waals surface area (Å²) in [6, 6.07) is 23.0. The minimum Gasteiger partial charge on any atom is -0.363 e. The van der Waals surface area contributed by atoms with Gasteiger partial charge < -0.3 is 5.32 Å². The highest BCUT2D eigenvalue weighted by molar-refractivity contribution is 7.92. The van der Waals surface area contributed by atoms with Crippen LogP contribution in [0.5, 0.6) is 0 Å². The quantitative estimate of drug-likeness (QED) is 0.468. The molecule has 0 saturated heterocycles. The highest BCUT2D eigenvalue weighted by atomic mass is 35.5. The number of nitrogens with one attached hydrogen (secondary N) is 2. The molecule has 2 N–H and O–H groups in total. The van der Waals surface area contributed by atoms with Crippen molar-refractivity contribution >= 4 is 44.3 Å². The molecule has 0 unspecified atom stereocenters. The molecule has 1 heterocycles. The topological polar surface area (TPSA) is 84.0 Å². The highest BCUT2D eigenvalue weighted by Gasteiger charge is 2.18. The molecule has 0 aliphatic heterocycles. The summed E-state index contributed by atoms with van der Waals surface area (Å²) in [5.41, 5.74) is 2.29. The van der Waals surface area contributed by atoms with E-state index in [4.69, 9.17) is 11.6 Å². The Morgan fingerprint density at radius 3 is 2.00 bits per heavy atom. The summed E-state index contributed by atoms with van der Waals surface area (Å²) in [5, 5.41) is 3.64. The number of sulfonamides is 1. The number of aromatic nitrogens is 2. The lowest BCUT2D eigenvalue weighted by Gasteiger charge is -2.14. The van der Waals surface area contributed by atoms with E-state index in [-0.39, 0.29) is 10.7 Å². The van der Waals surface area contributed by atoms with Crippen molar-refractivity contribution in [2.45, 2.75) is 11.4 Å². The van der Waals surface area contributed by atoms with Gasteiger partial charge in [0.1, 0.15) is 0 Å². The van der Waals surface area contributed by atoms with Crippen LogP contribution in [0.15, 0.2) is 83.8 Å². The van der Waals surface area contributed by atoms with Crippen LogP contribution in [0.4, 0.5) is 11.6 Å². The van der Waals surface area contributed by atoms with Crippen molar-refractivity contribution < 1.29 is 8.42 Å². The monoisotopic (exact) mass is 424 g/mol. The summed E-state index contributed by atoms with van der Waals surface area (Å²) < 4.78 is 28.2. The van der Waals surface area contributed by atoms with E-state index in [9.17, 15) is 8.42 Å². The normalized spacial score (nSPS) is 11.3. The van der Waals surface area contributed by atoms with Crippen molar-refractivity contribution in [1.29, 1.82) is 0 Å². The maximum Gasteiger partial charge on any atom is 0.263 e. The number of fused-ring (bicyclic) bond motifs is 1. The number of nitrogens with zero attached hydrogens (tertiary/aromatic N) is 2. The van der Waals surface area contributed by atoms with E-state index in [1.165, 1.54) is 24.3 Å². The minimum absolute atomic E-state index is 0.0888. The molecule has 0 radical (unpaired) electrons. The number of para-hydroxylation sites is 2. The van der Waals surface area contributed by atoms with E-state index in [2.05, 4.69) is 20.0 Å². The van der Waals surface area contributed by atoms with Crippen LogP contribution < -0.4 is 10.0 Å². The lowest BCUT2D eigenvalue weighted by molar-refractivity contribution is 0.601. The van der Waals surface area contributed by atoms with Gasteiger partial charge in [-0.15, -0.1) is 0 Å². The first-order valence-electron chi connectivity index (χ1n) is 8.84. The summed E-state index contributed by atoms with van der Waals surface area (Å²) in [6.45, 7) is 0.476. The zero-order chi connectivity index (χ0) is 20.3. The Kier molecular flexibility index (Phi) is 5.33. The molecule has 6 nitrogen and oxygen atoms in total. The third-order valence-electron chi connectivity index (χ3n) is 4.23. The fourth-order valence-electron chi connectivity index (χ4n) is 2.78. The maximum absolute atomic E-state index is 12.8. The lowest BCUT2D eigenvalue weighted by Crippen LogP contribution is -2.16. The molecule has 0 bridgehead atoms. The molecule has 0 saturated carbocycles.